The first-order valence-corrected chi connectivity index (χ1v) is 8.66. The van der Waals surface area contributed by atoms with Gasteiger partial charge in [0.05, 0.1) is 5.56 Å². The van der Waals surface area contributed by atoms with E-state index >= 15 is 0 Å². The van der Waals surface area contributed by atoms with Crippen LogP contribution in [0.25, 0.3) is 0 Å². The molecule has 26 heavy (non-hydrogen) atoms. The van der Waals surface area contributed by atoms with Crippen LogP contribution in [0.2, 0.25) is 0 Å². The van der Waals surface area contributed by atoms with Crippen LogP contribution in [0.1, 0.15) is 34.3 Å². The van der Waals surface area contributed by atoms with Crippen molar-refractivity contribution in [3.63, 3.8) is 0 Å². The Morgan fingerprint density at radius 1 is 1.04 bits per heavy atom. The number of amides is 1. The van der Waals surface area contributed by atoms with E-state index < -0.39 is 11.7 Å². The van der Waals surface area contributed by atoms with Gasteiger partial charge >= 0.3 is 6.18 Å². The van der Waals surface area contributed by atoms with Gasteiger partial charge in [-0.1, -0.05) is 36.4 Å². The third-order valence-electron chi connectivity index (χ3n) is 4.62. The lowest BCUT2D eigenvalue weighted by Crippen LogP contribution is -2.44. The average molecular weight is 362 g/mol. The molecular formula is C20H21F3N2O. The number of benzene rings is 2. The van der Waals surface area contributed by atoms with E-state index in [-0.39, 0.29) is 11.9 Å². The summed E-state index contributed by atoms with van der Waals surface area (Å²) in [7, 11) is 0. The molecule has 0 aliphatic carbocycles. The largest absolute Gasteiger partial charge is 0.416 e. The van der Waals surface area contributed by atoms with Crippen LogP contribution in [0.3, 0.4) is 0 Å². The van der Waals surface area contributed by atoms with Crippen molar-refractivity contribution in [3.8, 4) is 0 Å². The van der Waals surface area contributed by atoms with Crippen LogP contribution in [0.5, 0.6) is 0 Å². The molecule has 0 aromatic heterocycles. The minimum Gasteiger partial charge on any atom is -0.349 e. The Balaban J connectivity index is 1.51. The molecule has 2 aromatic rings. The summed E-state index contributed by atoms with van der Waals surface area (Å²) in [6.45, 7) is 1.98. The third-order valence-corrected chi connectivity index (χ3v) is 4.62. The number of rotatable bonds is 4. The first-order chi connectivity index (χ1) is 12.4. The summed E-state index contributed by atoms with van der Waals surface area (Å²) >= 11 is 0. The second-order valence-corrected chi connectivity index (χ2v) is 6.59. The Kier molecular flexibility index (Phi) is 5.61. The van der Waals surface area contributed by atoms with Crippen molar-refractivity contribution in [2.45, 2.75) is 31.6 Å². The van der Waals surface area contributed by atoms with Gasteiger partial charge in [-0.3, -0.25) is 9.69 Å². The quantitative estimate of drug-likeness (QED) is 0.888. The molecule has 3 nitrogen and oxygen atoms in total. The maximum atomic E-state index is 12.8. The van der Waals surface area contributed by atoms with Gasteiger partial charge < -0.3 is 5.32 Å². The topological polar surface area (TPSA) is 32.3 Å². The fourth-order valence-electron chi connectivity index (χ4n) is 3.20. The van der Waals surface area contributed by atoms with Crippen LogP contribution in [-0.4, -0.2) is 29.9 Å². The standard InChI is InChI=1S/C20H21F3N2O/c21-20(22,23)17-8-4-5-15(13-17)14-25-11-9-18(10-12-25)24-19(26)16-6-2-1-3-7-16/h1-8,13,18H,9-12,14H2,(H,24,26). The number of likely N-dealkylation sites (tertiary alicyclic amines) is 1. The van der Waals surface area contributed by atoms with Crippen molar-refractivity contribution in [1.29, 1.82) is 0 Å². The van der Waals surface area contributed by atoms with E-state index in [9.17, 15) is 18.0 Å². The highest BCUT2D eigenvalue weighted by Crippen LogP contribution is 2.30. The van der Waals surface area contributed by atoms with Gasteiger partial charge in [0.1, 0.15) is 0 Å². The summed E-state index contributed by atoms with van der Waals surface area (Å²) in [6, 6.07) is 14.6. The third kappa shape index (κ3) is 4.85. The lowest BCUT2D eigenvalue weighted by Gasteiger charge is -2.32. The minimum atomic E-state index is -4.31. The molecule has 1 amide bonds. The zero-order valence-electron chi connectivity index (χ0n) is 14.3. The van der Waals surface area contributed by atoms with Crippen molar-refractivity contribution >= 4 is 5.91 Å². The maximum Gasteiger partial charge on any atom is 0.416 e. The van der Waals surface area contributed by atoms with Gasteiger partial charge in [-0.2, -0.15) is 13.2 Å². The van der Waals surface area contributed by atoms with Crippen molar-refractivity contribution in [2.75, 3.05) is 13.1 Å². The molecule has 1 saturated heterocycles. The lowest BCUT2D eigenvalue weighted by atomic mass is 10.0. The van der Waals surface area contributed by atoms with E-state index in [1.54, 1.807) is 18.2 Å². The number of carbonyl (C=O) groups is 1. The number of hydrogen-bond acceptors (Lipinski definition) is 2. The molecule has 1 aliphatic heterocycles. The van der Waals surface area contributed by atoms with Gasteiger partial charge in [-0.15, -0.1) is 0 Å². The first kappa shape index (κ1) is 18.5. The summed E-state index contributed by atoms with van der Waals surface area (Å²) in [6.07, 6.45) is -2.74. The van der Waals surface area contributed by atoms with Crippen molar-refractivity contribution < 1.29 is 18.0 Å². The number of piperidine rings is 1. The number of nitrogens with one attached hydrogen (secondary N) is 1. The van der Waals surface area contributed by atoms with Crippen LogP contribution >= 0.6 is 0 Å². The maximum absolute atomic E-state index is 12.8. The zero-order chi connectivity index (χ0) is 18.6. The zero-order valence-corrected chi connectivity index (χ0v) is 14.3. The van der Waals surface area contributed by atoms with E-state index in [1.807, 2.05) is 18.2 Å². The Labute approximate surface area is 150 Å². The van der Waals surface area contributed by atoms with Crippen molar-refractivity contribution in [1.82, 2.24) is 10.2 Å². The van der Waals surface area contributed by atoms with Crippen LogP contribution < -0.4 is 5.32 Å². The highest BCUT2D eigenvalue weighted by Gasteiger charge is 2.30. The van der Waals surface area contributed by atoms with Crippen molar-refractivity contribution in [3.05, 3.63) is 71.3 Å². The molecule has 6 heteroatoms. The van der Waals surface area contributed by atoms with Gasteiger partial charge in [0, 0.05) is 31.2 Å². The SMILES string of the molecule is O=C(NC1CCN(Cc2cccc(C(F)(F)F)c2)CC1)c1ccccc1. The predicted octanol–water partition coefficient (Wildman–Crippen LogP) is 4.10. The minimum absolute atomic E-state index is 0.0815. The summed E-state index contributed by atoms with van der Waals surface area (Å²) in [5.74, 6) is -0.0815. The molecule has 0 bridgehead atoms. The molecule has 1 fully saturated rings. The Morgan fingerprint density at radius 2 is 1.73 bits per heavy atom. The van der Waals surface area contributed by atoms with Gasteiger partial charge in [0.2, 0.25) is 0 Å². The van der Waals surface area contributed by atoms with E-state index in [0.29, 0.717) is 17.7 Å². The fraction of sp³-hybridized carbons (Fsp3) is 0.350. The number of nitrogens with zero attached hydrogens (tertiary/aromatic N) is 1. The second-order valence-electron chi connectivity index (χ2n) is 6.59. The Morgan fingerprint density at radius 3 is 2.38 bits per heavy atom. The molecule has 1 N–H and O–H groups in total. The molecule has 1 aliphatic rings. The molecule has 1 heterocycles. The van der Waals surface area contributed by atoms with E-state index in [1.165, 1.54) is 12.1 Å². The normalized spacial score (nSPS) is 16.4. The van der Waals surface area contributed by atoms with Gasteiger partial charge in [-0.05, 0) is 36.6 Å². The van der Waals surface area contributed by atoms with Gasteiger partial charge in [-0.25, -0.2) is 0 Å². The van der Waals surface area contributed by atoms with Crippen LogP contribution in [0, 0.1) is 0 Å². The van der Waals surface area contributed by atoms with Gasteiger partial charge in [0.15, 0.2) is 0 Å². The van der Waals surface area contributed by atoms with Crippen LogP contribution in [0.15, 0.2) is 54.6 Å². The average Bonchev–Trinajstić information content (AvgIpc) is 2.63. The summed E-state index contributed by atoms with van der Waals surface area (Å²) in [4.78, 5) is 14.3. The van der Waals surface area contributed by atoms with Crippen molar-refractivity contribution in [2.24, 2.45) is 0 Å². The van der Waals surface area contributed by atoms with E-state index in [2.05, 4.69) is 10.2 Å². The van der Waals surface area contributed by atoms with Crippen LogP contribution in [-0.2, 0) is 12.7 Å². The number of alkyl halides is 3. The summed E-state index contributed by atoms with van der Waals surface area (Å²) < 4.78 is 38.4. The molecule has 3 rings (SSSR count). The van der Waals surface area contributed by atoms with Gasteiger partial charge in [0.25, 0.3) is 5.91 Å². The molecule has 138 valence electrons. The molecule has 0 saturated carbocycles. The number of hydrogen-bond donors (Lipinski definition) is 1. The smallest absolute Gasteiger partial charge is 0.349 e. The number of carbonyl (C=O) groups excluding carboxylic acids is 1. The van der Waals surface area contributed by atoms with E-state index in [0.717, 1.165) is 32.0 Å². The predicted molar refractivity (Wildman–Crippen MR) is 93.7 cm³/mol. The molecule has 0 unspecified atom stereocenters. The molecule has 0 atom stereocenters. The summed E-state index contributed by atoms with van der Waals surface area (Å²) in [5, 5.41) is 3.03. The first-order valence-electron chi connectivity index (χ1n) is 8.66. The monoisotopic (exact) mass is 362 g/mol. The molecular weight excluding hydrogens is 341 g/mol. The highest BCUT2D eigenvalue weighted by atomic mass is 19.4. The molecule has 0 radical (unpaired) electrons. The second kappa shape index (κ2) is 7.91. The Hall–Kier alpha value is -2.34. The molecule has 2 aromatic carbocycles. The fourth-order valence-corrected chi connectivity index (χ4v) is 3.20. The highest BCUT2D eigenvalue weighted by molar-refractivity contribution is 5.94. The van der Waals surface area contributed by atoms with Crippen LogP contribution in [0.4, 0.5) is 13.2 Å². The lowest BCUT2D eigenvalue weighted by molar-refractivity contribution is -0.137. The number of halogens is 3. The van der Waals surface area contributed by atoms with E-state index in [4.69, 9.17) is 0 Å². The summed E-state index contributed by atoms with van der Waals surface area (Å²) in [5.41, 5.74) is 0.686. The molecule has 0 spiro atoms. The Bertz CT molecular complexity index is 738.